The van der Waals surface area contributed by atoms with Gasteiger partial charge in [-0.3, -0.25) is 0 Å². The molecule has 18 heavy (non-hydrogen) atoms. The van der Waals surface area contributed by atoms with Gasteiger partial charge < -0.3 is 5.11 Å². The Labute approximate surface area is 113 Å². The first-order valence-corrected chi connectivity index (χ1v) is 6.92. The molecule has 1 aromatic carbocycles. The minimum Gasteiger partial charge on any atom is -0.388 e. The lowest BCUT2D eigenvalue weighted by Crippen LogP contribution is -2.32. The highest BCUT2D eigenvalue weighted by Crippen LogP contribution is 2.47. The number of aliphatic hydroxyl groups excluding tert-OH is 1. The number of hydrogen-bond acceptors (Lipinski definition) is 1. The Morgan fingerprint density at radius 1 is 1.39 bits per heavy atom. The van der Waals surface area contributed by atoms with E-state index in [0.717, 1.165) is 19.3 Å². The summed E-state index contributed by atoms with van der Waals surface area (Å²) in [6, 6.07) is 4.20. The second kappa shape index (κ2) is 5.18. The first-order chi connectivity index (χ1) is 8.42. The molecule has 3 heteroatoms. The van der Waals surface area contributed by atoms with E-state index < -0.39 is 6.10 Å². The molecule has 1 saturated carbocycles. The van der Waals surface area contributed by atoms with Gasteiger partial charge in [0, 0.05) is 10.6 Å². The van der Waals surface area contributed by atoms with Crippen LogP contribution in [0.1, 0.15) is 51.2 Å². The fraction of sp³-hybridized carbons (Fsp3) is 0.600. The van der Waals surface area contributed by atoms with Crippen molar-refractivity contribution in [1.29, 1.82) is 0 Å². The zero-order chi connectivity index (χ0) is 13.3. The average Bonchev–Trinajstić information content (AvgIpc) is 2.31. The van der Waals surface area contributed by atoms with Crippen LogP contribution < -0.4 is 0 Å². The van der Waals surface area contributed by atoms with Crippen LogP contribution in [0.2, 0.25) is 5.02 Å². The van der Waals surface area contributed by atoms with E-state index in [9.17, 15) is 9.50 Å². The number of rotatable bonds is 2. The Balaban J connectivity index is 2.29. The summed E-state index contributed by atoms with van der Waals surface area (Å²) in [5.41, 5.74) is 0.601. The van der Waals surface area contributed by atoms with E-state index in [4.69, 9.17) is 11.6 Å². The van der Waals surface area contributed by atoms with E-state index in [1.807, 2.05) is 0 Å². The van der Waals surface area contributed by atoms with E-state index in [-0.39, 0.29) is 17.2 Å². The lowest BCUT2D eigenvalue weighted by atomic mass is 9.65. The molecule has 0 amide bonds. The molecule has 0 spiro atoms. The van der Waals surface area contributed by atoms with Gasteiger partial charge in [0.1, 0.15) is 5.82 Å². The monoisotopic (exact) mass is 270 g/mol. The largest absolute Gasteiger partial charge is 0.388 e. The van der Waals surface area contributed by atoms with Gasteiger partial charge in [-0.05, 0) is 42.4 Å². The van der Waals surface area contributed by atoms with Crippen molar-refractivity contribution < 1.29 is 9.50 Å². The lowest BCUT2D eigenvalue weighted by Gasteiger charge is -2.41. The molecule has 0 saturated heterocycles. The second-order valence-corrected chi connectivity index (χ2v) is 6.36. The molecule has 1 aliphatic carbocycles. The Hall–Kier alpha value is -0.600. The summed E-state index contributed by atoms with van der Waals surface area (Å²) < 4.78 is 13.3. The maximum Gasteiger partial charge on any atom is 0.123 e. The van der Waals surface area contributed by atoms with Crippen molar-refractivity contribution in [2.24, 2.45) is 11.3 Å². The fourth-order valence-electron chi connectivity index (χ4n) is 3.06. The number of halogens is 2. The van der Waals surface area contributed by atoms with Crippen LogP contribution in [-0.2, 0) is 0 Å². The Kier molecular flexibility index (Phi) is 3.98. The molecule has 0 bridgehead atoms. The van der Waals surface area contributed by atoms with E-state index in [1.165, 1.54) is 24.6 Å². The quantitative estimate of drug-likeness (QED) is 0.824. The van der Waals surface area contributed by atoms with Crippen molar-refractivity contribution in [3.8, 4) is 0 Å². The fourth-order valence-corrected chi connectivity index (χ4v) is 3.29. The van der Waals surface area contributed by atoms with Crippen LogP contribution >= 0.6 is 11.6 Å². The molecule has 1 aromatic rings. The summed E-state index contributed by atoms with van der Waals surface area (Å²) in [7, 11) is 0. The molecule has 2 rings (SSSR count). The molecule has 2 atom stereocenters. The minimum atomic E-state index is -0.677. The van der Waals surface area contributed by atoms with Gasteiger partial charge in [-0.2, -0.15) is 0 Å². The lowest BCUT2D eigenvalue weighted by molar-refractivity contribution is 0.00376. The van der Waals surface area contributed by atoms with E-state index >= 15 is 0 Å². The smallest absolute Gasteiger partial charge is 0.123 e. The van der Waals surface area contributed by atoms with Crippen LogP contribution in [0.25, 0.3) is 0 Å². The molecule has 0 aromatic heterocycles. The molecule has 0 heterocycles. The van der Waals surface area contributed by atoms with Gasteiger partial charge in [0.25, 0.3) is 0 Å². The molecule has 100 valence electrons. The van der Waals surface area contributed by atoms with Crippen molar-refractivity contribution in [1.82, 2.24) is 0 Å². The molecular formula is C15H20ClFO. The van der Waals surface area contributed by atoms with E-state index in [1.54, 1.807) is 0 Å². The van der Waals surface area contributed by atoms with Crippen molar-refractivity contribution in [3.63, 3.8) is 0 Å². The molecule has 1 fully saturated rings. The second-order valence-electron chi connectivity index (χ2n) is 5.95. The summed E-state index contributed by atoms with van der Waals surface area (Å²) in [5, 5.41) is 11.0. The molecule has 1 aliphatic rings. The highest BCUT2D eigenvalue weighted by Gasteiger charge is 2.38. The van der Waals surface area contributed by atoms with Gasteiger partial charge in [0.15, 0.2) is 0 Å². The van der Waals surface area contributed by atoms with Crippen LogP contribution in [0.15, 0.2) is 18.2 Å². The third-order valence-corrected chi connectivity index (χ3v) is 4.59. The van der Waals surface area contributed by atoms with Gasteiger partial charge in [-0.25, -0.2) is 4.39 Å². The Morgan fingerprint density at radius 3 is 2.78 bits per heavy atom. The predicted octanol–water partition coefficient (Wildman–Crippen LogP) is 4.73. The van der Waals surface area contributed by atoms with Crippen LogP contribution in [0, 0.1) is 17.2 Å². The van der Waals surface area contributed by atoms with Crippen LogP contribution in [0.5, 0.6) is 0 Å². The third kappa shape index (κ3) is 2.70. The average molecular weight is 271 g/mol. The van der Waals surface area contributed by atoms with Crippen molar-refractivity contribution in [2.75, 3.05) is 0 Å². The van der Waals surface area contributed by atoms with Gasteiger partial charge >= 0.3 is 0 Å². The zero-order valence-corrected chi connectivity index (χ0v) is 11.7. The normalized spacial score (nSPS) is 24.8. The summed E-state index contributed by atoms with van der Waals surface area (Å²) in [5.74, 6) is -0.201. The molecule has 0 radical (unpaired) electrons. The summed E-state index contributed by atoms with van der Waals surface area (Å²) in [6.07, 6.45) is 3.72. The minimum absolute atomic E-state index is 0.0767. The van der Waals surface area contributed by atoms with E-state index in [2.05, 4.69) is 13.8 Å². The SMILES string of the molecule is CC1(C)CCCCC1C(O)c1cc(F)ccc1Cl. The van der Waals surface area contributed by atoms with Gasteiger partial charge in [0.2, 0.25) is 0 Å². The Bertz CT molecular complexity index is 431. The number of aliphatic hydroxyl groups is 1. The molecule has 0 aliphatic heterocycles. The van der Waals surface area contributed by atoms with Crippen molar-refractivity contribution in [2.45, 2.75) is 45.6 Å². The van der Waals surface area contributed by atoms with E-state index in [0.29, 0.717) is 10.6 Å². The first kappa shape index (κ1) is 13.8. The molecule has 1 N–H and O–H groups in total. The zero-order valence-electron chi connectivity index (χ0n) is 10.9. The van der Waals surface area contributed by atoms with Gasteiger partial charge in [0.05, 0.1) is 6.10 Å². The molecule has 1 nitrogen and oxygen atoms in total. The van der Waals surface area contributed by atoms with Crippen molar-refractivity contribution >= 4 is 11.6 Å². The topological polar surface area (TPSA) is 20.2 Å². The number of benzene rings is 1. The first-order valence-electron chi connectivity index (χ1n) is 6.55. The van der Waals surface area contributed by atoms with Crippen LogP contribution in [0.3, 0.4) is 0 Å². The summed E-state index contributed by atoms with van der Waals surface area (Å²) in [6.45, 7) is 4.35. The predicted molar refractivity (Wildman–Crippen MR) is 72.1 cm³/mol. The summed E-state index contributed by atoms with van der Waals surface area (Å²) in [4.78, 5) is 0. The van der Waals surface area contributed by atoms with Gasteiger partial charge in [-0.15, -0.1) is 0 Å². The third-order valence-electron chi connectivity index (χ3n) is 4.25. The Morgan fingerprint density at radius 2 is 2.11 bits per heavy atom. The van der Waals surface area contributed by atoms with Crippen molar-refractivity contribution in [3.05, 3.63) is 34.6 Å². The molecule has 2 unspecified atom stereocenters. The highest BCUT2D eigenvalue weighted by atomic mass is 35.5. The number of hydrogen-bond donors (Lipinski definition) is 1. The maximum absolute atomic E-state index is 13.3. The van der Waals surface area contributed by atoms with Crippen LogP contribution in [0.4, 0.5) is 4.39 Å². The maximum atomic E-state index is 13.3. The molecular weight excluding hydrogens is 251 g/mol. The van der Waals surface area contributed by atoms with Gasteiger partial charge in [-0.1, -0.05) is 38.3 Å². The summed E-state index contributed by atoms with van der Waals surface area (Å²) >= 11 is 6.08. The highest BCUT2D eigenvalue weighted by molar-refractivity contribution is 6.31. The standard InChI is InChI=1S/C15H20ClFO/c1-15(2)8-4-3-5-12(15)14(18)11-9-10(17)6-7-13(11)16/h6-7,9,12,14,18H,3-5,8H2,1-2H3. The van der Waals surface area contributed by atoms with Crippen LogP contribution in [-0.4, -0.2) is 5.11 Å².